The van der Waals surface area contributed by atoms with Gasteiger partial charge in [0.05, 0.1) is 11.1 Å². The lowest BCUT2D eigenvalue weighted by molar-refractivity contribution is -0.143. The molecule has 0 radical (unpaired) electrons. The second-order valence-corrected chi connectivity index (χ2v) is 6.39. The number of esters is 1. The molecular weight excluding hydrogens is 364 g/mol. The van der Waals surface area contributed by atoms with Gasteiger partial charge in [-0.05, 0) is 35.7 Å². The first-order chi connectivity index (χ1) is 12.1. The number of carbonyl (C=O) groups is 2. The topological polar surface area (TPSA) is 88.4 Å². The number of nitrogens with one attached hydrogen (secondary N) is 1. The molecule has 0 aliphatic carbocycles. The number of fused-ring (bicyclic) bond motifs is 1. The molecule has 2 heterocycles. The van der Waals surface area contributed by atoms with Crippen molar-refractivity contribution in [2.75, 3.05) is 18.5 Å². The Morgan fingerprint density at radius 2 is 2.24 bits per heavy atom. The Kier molecular flexibility index (Phi) is 5.03. The van der Waals surface area contributed by atoms with Gasteiger partial charge in [0.25, 0.3) is 5.91 Å². The SMILES string of the molecule is N#Cc1ccsc1NC(=O)COC(=O)C1=Cc2cc(Cl)ccc2OC1. The van der Waals surface area contributed by atoms with Gasteiger partial charge in [0.15, 0.2) is 6.61 Å². The highest BCUT2D eigenvalue weighted by Gasteiger charge is 2.20. The molecule has 8 heteroatoms. The Labute approximate surface area is 152 Å². The second kappa shape index (κ2) is 7.38. The maximum atomic E-state index is 12.1. The largest absolute Gasteiger partial charge is 0.488 e. The highest BCUT2D eigenvalue weighted by atomic mass is 35.5. The number of hydrogen-bond acceptors (Lipinski definition) is 6. The summed E-state index contributed by atoms with van der Waals surface area (Å²) in [5, 5.41) is 14.1. The number of hydrogen-bond donors (Lipinski definition) is 1. The van der Waals surface area contributed by atoms with Crippen LogP contribution in [0.1, 0.15) is 11.1 Å². The van der Waals surface area contributed by atoms with Crippen molar-refractivity contribution in [3.63, 3.8) is 0 Å². The van der Waals surface area contributed by atoms with Gasteiger partial charge in [-0.25, -0.2) is 4.79 Å². The van der Waals surface area contributed by atoms with Crippen LogP contribution in [0.25, 0.3) is 6.08 Å². The number of anilines is 1. The van der Waals surface area contributed by atoms with E-state index in [1.54, 1.807) is 35.7 Å². The molecule has 3 rings (SSSR count). The Bertz CT molecular complexity index is 914. The highest BCUT2D eigenvalue weighted by molar-refractivity contribution is 7.14. The van der Waals surface area contributed by atoms with E-state index in [9.17, 15) is 9.59 Å². The molecule has 0 bridgehead atoms. The van der Waals surface area contributed by atoms with Crippen LogP contribution in [-0.2, 0) is 14.3 Å². The third-order valence-electron chi connectivity index (χ3n) is 3.32. The summed E-state index contributed by atoms with van der Waals surface area (Å²) in [6.07, 6.45) is 1.62. The number of halogens is 1. The number of rotatable bonds is 4. The average Bonchev–Trinajstić information content (AvgIpc) is 3.06. The third kappa shape index (κ3) is 3.99. The molecule has 6 nitrogen and oxygen atoms in total. The standard InChI is InChI=1S/C17H11ClN2O4S/c18-13-1-2-14-11(6-13)5-12(8-23-14)17(22)24-9-15(21)20-16-10(7-19)3-4-25-16/h1-6H,8-9H2,(H,20,21). The van der Waals surface area contributed by atoms with Crippen molar-refractivity contribution in [2.45, 2.75) is 0 Å². The van der Waals surface area contributed by atoms with Crippen molar-refractivity contribution in [3.05, 3.63) is 51.4 Å². The van der Waals surface area contributed by atoms with Gasteiger partial charge in [-0.1, -0.05) is 11.6 Å². The number of carbonyl (C=O) groups excluding carboxylic acids is 2. The van der Waals surface area contributed by atoms with Crippen LogP contribution in [0, 0.1) is 11.3 Å². The normalized spacial score (nSPS) is 12.2. The lowest BCUT2D eigenvalue weighted by atomic mass is 10.1. The summed E-state index contributed by atoms with van der Waals surface area (Å²) in [4.78, 5) is 23.9. The molecular formula is C17H11ClN2O4S. The third-order valence-corrected chi connectivity index (χ3v) is 4.38. The first-order valence-corrected chi connectivity index (χ1v) is 8.40. The number of nitriles is 1. The Balaban J connectivity index is 1.60. The van der Waals surface area contributed by atoms with Gasteiger partial charge in [0, 0.05) is 10.6 Å². The summed E-state index contributed by atoms with van der Waals surface area (Å²) in [5.41, 5.74) is 1.32. The zero-order chi connectivity index (χ0) is 17.8. The number of thiophene rings is 1. The van der Waals surface area contributed by atoms with E-state index in [4.69, 9.17) is 26.3 Å². The van der Waals surface area contributed by atoms with E-state index in [2.05, 4.69) is 5.32 Å². The van der Waals surface area contributed by atoms with E-state index in [1.807, 2.05) is 6.07 Å². The highest BCUT2D eigenvalue weighted by Crippen LogP contribution is 2.29. The lowest BCUT2D eigenvalue weighted by Crippen LogP contribution is -2.23. The van der Waals surface area contributed by atoms with Crippen LogP contribution >= 0.6 is 22.9 Å². The minimum Gasteiger partial charge on any atom is -0.488 e. The summed E-state index contributed by atoms with van der Waals surface area (Å²) >= 11 is 7.14. The Morgan fingerprint density at radius 1 is 1.40 bits per heavy atom. The number of ether oxygens (including phenoxy) is 2. The molecule has 25 heavy (non-hydrogen) atoms. The Hall–Kier alpha value is -2.82. The lowest BCUT2D eigenvalue weighted by Gasteiger charge is -2.17. The smallest absolute Gasteiger partial charge is 0.338 e. The molecule has 0 fully saturated rings. The molecule has 126 valence electrons. The van der Waals surface area contributed by atoms with Gasteiger partial charge in [-0.15, -0.1) is 11.3 Å². The van der Waals surface area contributed by atoms with Gasteiger partial charge in [0.1, 0.15) is 23.4 Å². The van der Waals surface area contributed by atoms with Crippen LogP contribution < -0.4 is 10.1 Å². The van der Waals surface area contributed by atoms with Gasteiger partial charge >= 0.3 is 5.97 Å². The zero-order valence-corrected chi connectivity index (χ0v) is 14.3. The van der Waals surface area contributed by atoms with E-state index < -0.39 is 18.5 Å². The zero-order valence-electron chi connectivity index (χ0n) is 12.7. The van der Waals surface area contributed by atoms with Crippen molar-refractivity contribution < 1.29 is 19.1 Å². The van der Waals surface area contributed by atoms with Gasteiger partial charge in [0.2, 0.25) is 0 Å². The van der Waals surface area contributed by atoms with E-state index >= 15 is 0 Å². The van der Waals surface area contributed by atoms with Crippen molar-refractivity contribution in [1.82, 2.24) is 0 Å². The van der Waals surface area contributed by atoms with E-state index in [0.717, 1.165) is 0 Å². The molecule has 1 aliphatic rings. The second-order valence-electron chi connectivity index (χ2n) is 5.04. The molecule has 1 aliphatic heterocycles. The Morgan fingerprint density at radius 3 is 3.04 bits per heavy atom. The van der Waals surface area contributed by atoms with E-state index in [0.29, 0.717) is 26.9 Å². The van der Waals surface area contributed by atoms with Crippen LogP contribution in [-0.4, -0.2) is 25.1 Å². The molecule has 0 saturated carbocycles. The maximum absolute atomic E-state index is 12.1. The first kappa shape index (κ1) is 17.0. The van der Waals surface area contributed by atoms with Crippen LogP contribution in [0.5, 0.6) is 5.75 Å². The fourth-order valence-electron chi connectivity index (χ4n) is 2.15. The number of amides is 1. The maximum Gasteiger partial charge on any atom is 0.338 e. The van der Waals surface area contributed by atoms with Crippen LogP contribution in [0.3, 0.4) is 0 Å². The van der Waals surface area contributed by atoms with Crippen molar-refractivity contribution in [1.29, 1.82) is 5.26 Å². The van der Waals surface area contributed by atoms with Gasteiger partial charge in [-0.2, -0.15) is 5.26 Å². The fraction of sp³-hybridized carbons (Fsp3) is 0.118. The summed E-state index contributed by atoms with van der Waals surface area (Å²) < 4.78 is 10.5. The van der Waals surface area contributed by atoms with Crippen LogP contribution in [0.15, 0.2) is 35.2 Å². The van der Waals surface area contributed by atoms with Gasteiger partial charge < -0.3 is 14.8 Å². The predicted molar refractivity (Wildman–Crippen MR) is 93.5 cm³/mol. The molecule has 1 aromatic heterocycles. The molecule has 0 spiro atoms. The van der Waals surface area contributed by atoms with Crippen molar-refractivity contribution >= 4 is 45.9 Å². The van der Waals surface area contributed by atoms with E-state index in [-0.39, 0.29) is 12.2 Å². The summed E-state index contributed by atoms with van der Waals surface area (Å²) in [6.45, 7) is -0.403. The molecule has 1 aromatic carbocycles. The molecule has 2 aromatic rings. The minimum absolute atomic E-state index is 0.0542. The quantitative estimate of drug-likeness (QED) is 0.830. The van der Waals surface area contributed by atoms with E-state index in [1.165, 1.54) is 11.3 Å². The molecule has 0 atom stereocenters. The fourth-order valence-corrected chi connectivity index (χ4v) is 3.08. The molecule has 0 unspecified atom stereocenters. The number of benzene rings is 1. The molecule has 1 amide bonds. The van der Waals surface area contributed by atoms with Crippen LogP contribution in [0.2, 0.25) is 5.02 Å². The van der Waals surface area contributed by atoms with Gasteiger partial charge in [-0.3, -0.25) is 4.79 Å². The number of nitrogens with zero attached hydrogens (tertiary/aromatic N) is 1. The van der Waals surface area contributed by atoms with Crippen molar-refractivity contribution in [2.24, 2.45) is 0 Å². The summed E-state index contributed by atoms with van der Waals surface area (Å²) in [6, 6.07) is 8.65. The minimum atomic E-state index is -0.646. The first-order valence-electron chi connectivity index (χ1n) is 7.14. The van der Waals surface area contributed by atoms with Crippen LogP contribution in [0.4, 0.5) is 5.00 Å². The monoisotopic (exact) mass is 374 g/mol. The van der Waals surface area contributed by atoms with Crippen molar-refractivity contribution in [3.8, 4) is 11.8 Å². The summed E-state index contributed by atoms with van der Waals surface area (Å²) in [5.74, 6) is -0.541. The predicted octanol–water partition coefficient (Wildman–Crippen LogP) is 3.23. The molecule has 0 saturated heterocycles. The molecule has 1 N–H and O–H groups in total. The average molecular weight is 375 g/mol. The summed E-state index contributed by atoms with van der Waals surface area (Å²) in [7, 11) is 0.